The van der Waals surface area contributed by atoms with Crippen LogP contribution in [0.3, 0.4) is 0 Å². The van der Waals surface area contributed by atoms with Gasteiger partial charge in [-0.15, -0.1) is 0 Å². The number of hydrogen-bond donors (Lipinski definition) is 1. The summed E-state index contributed by atoms with van der Waals surface area (Å²) in [4.78, 5) is 33.9. The lowest BCUT2D eigenvalue weighted by molar-refractivity contribution is -0.384. The first-order valence-corrected chi connectivity index (χ1v) is 10.6. The monoisotopic (exact) mass is 461 g/mol. The molecule has 0 bridgehead atoms. The molecule has 1 fully saturated rings. The predicted molar refractivity (Wildman–Crippen MR) is 124 cm³/mol. The van der Waals surface area contributed by atoms with E-state index in [0.717, 1.165) is 0 Å². The van der Waals surface area contributed by atoms with Gasteiger partial charge in [0.15, 0.2) is 0 Å². The maximum absolute atomic E-state index is 14.1. The van der Waals surface area contributed by atoms with E-state index in [1.54, 1.807) is 48.8 Å². The highest BCUT2D eigenvalue weighted by Gasteiger charge is 2.30. The molecule has 2 aromatic carbocycles. The van der Waals surface area contributed by atoms with E-state index >= 15 is 0 Å². The standard InChI is InChI=1S/C24H20FN5O4/c1-34-18-6-4-16(5-7-18)29-23(21-9-15(25)13-27-21)28-22-19(14-3-2-8-26-12-14)10-17(30(32)33)11-20(22)24(29)31/h2-8,10-12,15,21,27H,9,13H2,1H3/t15-,21+/m0/s1. The molecule has 1 aliphatic heterocycles. The summed E-state index contributed by atoms with van der Waals surface area (Å²) in [5.74, 6) is 0.936. The van der Waals surface area contributed by atoms with Gasteiger partial charge < -0.3 is 10.1 Å². The molecule has 4 aromatic rings. The second kappa shape index (κ2) is 8.64. The molecule has 34 heavy (non-hydrogen) atoms. The molecule has 5 rings (SSSR count). The Morgan fingerprint density at radius 1 is 1.24 bits per heavy atom. The van der Waals surface area contributed by atoms with Crippen LogP contribution < -0.4 is 15.6 Å². The third-order valence-corrected chi connectivity index (χ3v) is 5.89. The summed E-state index contributed by atoms with van der Waals surface area (Å²) in [7, 11) is 1.53. The van der Waals surface area contributed by atoms with Crippen LogP contribution in [0.5, 0.6) is 5.75 Å². The van der Waals surface area contributed by atoms with Crippen molar-refractivity contribution in [1.29, 1.82) is 0 Å². The van der Waals surface area contributed by atoms with Crippen LogP contribution in [-0.2, 0) is 0 Å². The van der Waals surface area contributed by atoms with E-state index in [-0.39, 0.29) is 24.0 Å². The van der Waals surface area contributed by atoms with Crippen molar-refractivity contribution in [2.45, 2.75) is 18.6 Å². The third-order valence-electron chi connectivity index (χ3n) is 5.89. The van der Waals surface area contributed by atoms with Crippen LogP contribution in [0.25, 0.3) is 27.7 Å². The summed E-state index contributed by atoms with van der Waals surface area (Å²) in [5.41, 5.74) is 1.07. The SMILES string of the molecule is COc1ccc(-n2c([C@H]3C[C@H](F)CN3)nc3c(-c4cccnc4)cc([N+](=O)[O-])cc3c2=O)cc1. The molecule has 172 valence electrons. The number of alkyl halides is 1. The summed E-state index contributed by atoms with van der Waals surface area (Å²) in [5, 5.41) is 14.9. The molecular formula is C24H20FN5O4. The Bertz CT molecular complexity index is 1440. The molecular weight excluding hydrogens is 441 g/mol. The maximum Gasteiger partial charge on any atom is 0.271 e. The van der Waals surface area contributed by atoms with Gasteiger partial charge in [-0.1, -0.05) is 6.07 Å². The van der Waals surface area contributed by atoms with Crippen LogP contribution in [0.1, 0.15) is 18.3 Å². The van der Waals surface area contributed by atoms with Crippen molar-refractivity contribution in [2.24, 2.45) is 0 Å². The zero-order chi connectivity index (χ0) is 23.8. The number of nitro benzene ring substituents is 1. The summed E-state index contributed by atoms with van der Waals surface area (Å²) in [6.45, 7) is 0.150. The molecule has 9 nitrogen and oxygen atoms in total. The molecule has 0 radical (unpaired) electrons. The van der Waals surface area contributed by atoms with Crippen LogP contribution in [0.4, 0.5) is 10.1 Å². The van der Waals surface area contributed by atoms with Gasteiger partial charge in [0.05, 0.1) is 34.7 Å². The number of benzene rings is 2. The normalized spacial score (nSPS) is 17.7. The highest BCUT2D eigenvalue weighted by Crippen LogP contribution is 2.33. The Labute approximate surface area is 193 Å². The van der Waals surface area contributed by atoms with E-state index in [1.165, 1.54) is 23.8 Å². The van der Waals surface area contributed by atoms with Crippen LogP contribution in [-0.4, -0.2) is 39.3 Å². The Morgan fingerprint density at radius 3 is 2.65 bits per heavy atom. The number of nitrogens with zero attached hydrogens (tertiary/aromatic N) is 4. The molecule has 2 aromatic heterocycles. The summed E-state index contributed by atoms with van der Waals surface area (Å²) in [6.07, 6.45) is 2.22. The van der Waals surface area contributed by atoms with Crippen molar-refractivity contribution in [3.05, 3.63) is 87.2 Å². The molecule has 3 heterocycles. The summed E-state index contributed by atoms with van der Waals surface area (Å²) < 4.78 is 20.7. The van der Waals surface area contributed by atoms with Gasteiger partial charge in [0.2, 0.25) is 0 Å². The van der Waals surface area contributed by atoms with Crippen molar-refractivity contribution in [3.8, 4) is 22.6 Å². The molecule has 1 aliphatic rings. The Balaban J connectivity index is 1.85. The zero-order valence-corrected chi connectivity index (χ0v) is 18.1. The van der Waals surface area contributed by atoms with Gasteiger partial charge >= 0.3 is 0 Å². The van der Waals surface area contributed by atoms with E-state index in [4.69, 9.17) is 9.72 Å². The first kappa shape index (κ1) is 21.7. The molecule has 1 saturated heterocycles. The average Bonchev–Trinajstić information content (AvgIpc) is 3.30. The second-order valence-electron chi connectivity index (χ2n) is 7.99. The lowest BCUT2D eigenvalue weighted by atomic mass is 10.0. The minimum atomic E-state index is -1.07. The summed E-state index contributed by atoms with van der Waals surface area (Å²) in [6, 6.07) is 12.3. The number of methoxy groups -OCH3 is 1. The van der Waals surface area contributed by atoms with Gasteiger partial charge in [0.25, 0.3) is 11.2 Å². The number of hydrogen-bond acceptors (Lipinski definition) is 7. The second-order valence-corrected chi connectivity index (χ2v) is 7.99. The first-order valence-electron chi connectivity index (χ1n) is 10.6. The number of fused-ring (bicyclic) bond motifs is 1. The molecule has 0 spiro atoms. The summed E-state index contributed by atoms with van der Waals surface area (Å²) >= 11 is 0. The Hall–Kier alpha value is -4.18. The van der Waals surface area contributed by atoms with Gasteiger partial charge in [0.1, 0.15) is 17.7 Å². The van der Waals surface area contributed by atoms with E-state index in [2.05, 4.69) is 10.3 Å². The molecule has 2 atom stereocenters. The van der Waals surface area contributed by atoms with Crippen molar-refractivity contribution >= 4 is 16.6 Å². The topological polar surface area (TPSA) is 112 Å². The van der Waals surface area contributed by atoms with Crippen LogP contribution in [0.15, 0.2) is 65.7 Å². The lowest BCUT2D eigenvalue weighted by Crippen LogP contribution is -2.29. The number of aromatic nitrogens is 3. The van der Waals surface area contributed by atoms with Gasteiger partial charge in [-0.05, 0) is 30.3 Å². The molecule has 0 saturated carbocycles. The van der Waals surface area contributed by atoms with Crippen LogP contribution in [0.2, 0.25) is 0 Å². The lowest BCUT2D eigenvalue weighted by Gasteiger charge is -2.19. The molecule has 10 heteroatoms. The maximum atomic E-state index is 14.1. The highest BCUT2D eigenvalue weighted by molar-refractivity contribution is 5.95. The van der Waals surface area contributed by atoms with Crippen molar-refractivity contribution in [2.75, 3.05) is 13.7 Å². The Morgan fingerprint density at radius 2 is 2.03 bits per heavy atom. The molecule has 0 unspecified atom stereocenters. The van der Waals surface area contributed by atoms with Gasteiger partial charge in [0, 0.05) is 48.6 Å². The number of non-ortho nitro benzene ring substituents is 1. The predicted octanol–water partition coefficient (Wildman–Crippen LogP) is 3.74. The first-order chi connectivity index (χ1) is 16.5. The minimum Gasteiger partial charge on any atom is -0.497 e. The van der Waals surface area contributed by atoms with Gasteiger partial charge in [-0.3, -0.25) is 24.5 Å². The zero-order valence-electron chi connectivity index (χ0n) is 18.1. The largest absolute Gasteiger partial charge is 0.497 e. The van der Waals surface area contributed by atoms with E-state index in [9.17, 15) is 19.3 Å². The van der Waals surface area contributed by atoms with Crippen molar-refractivity contribution in [3.63, 3.8) is 0 Å². The highest BCUT2D eigenvalue weighted by atomic mass is 19.1. The van der Waals surface area contributed by atoms with E-state index in [0.29, 0.717) is 33.9 Å². The smallest absolute Gasteiger partial charge is 0.271 e. The van der Waals surface area contributed by atoms with E-state index < -0.39 is 22.7 Å². The fraction of sp³-hybridized carbons (Fsp3) is 0.208. The van der Waals surface area contributed by atoms with Crippen LogP contribution >= 0.6 is 0 Å². The number of nitro groups is 1. The molecule has 1 N–H and O–H groups in total. The number of halogens is 1. The van der Waals surface area contributed by atoms with E-state index in [1.807, 2.05) is 0 Å². The number of ether oxygens (including phenoxy) is 1. The number of pyridine rings is 1. The molecule has 0 aliphatic carbocycles. The average molecular weight is 461 g/mol. The number of rotatable bonds is 5. The van der Waals surface area contributed by atoms with Gasteiger partial charge in [-0.25, -0.2) is 9.37 Å². The Kier molecular flexibility index (Phi) is 5.50. The third kappa shape index (κ3) is 3.77. The quantitative estimate of drug-likeness (QED) is 0.356. The number of nitrogens with one attached hydrogen (secondary N) is 1. The van der Waals surface area contributed by atoms with Crippen molar-refractivity contribution in [1.82, 2.24) is 19.9 Å². The minimum absolute atomic E-state index is 0.0856. The fourth-order valence-electron chi connectivity index (χ4n) is 4.24. The van der Waals surface area contributed by atoms with Gasteiger partial charge in [-0.2, -0.15) is 0 Å². The van der Waals surface area contributed by atoms with Crippen LogP contribution in [0, 0.1) is 10.1 Å². The fourth-order valence-corrected chi connectivity index (χ4v) is 4.24. The van der Waals surface area contributed by atoms with Crippen molar-refractivity contribution < 1.29 is 14.1 Å². The molecule has 0 amide bonds.